The Hall–Kier alpha value is -2.28. The minimum atomic E-state index is -3.92. The summed E-state index contributed by atoms with van der Waals surface area (Å²) in [4.78, 5) is -0.0520. The molecule has 3 rings (SSSR count). The van der Waals surface area contributed by atoms with Crippen molar-refractivity contribution < 1.29 is 22.7 Å². The molecule has 7 heteroatoms. The van der Waals surface area contributed by atoms with E-state index in [0.717, 1.165) is 18.1 Å². The monoisotopic (exact) mass is 351 g/mol. The van der Waals surface area contributed by atoms with Crippen LogP contribution in [0.4, 0.5) is 10.1 Å². The number of hydrogen-bond donors (Lipinski definition) is 1. The number of methoxy groups -OCH3 is 1. The van der Waals surface area contributed by atoms with Gasteiger partial charge in [-0.05, 0) is 43.5 Å². The number of phenolic OH excluding ortho intramolecular Hbond substituents is 1. The predicted molar refractivity (Wildman–Crippen MR) is 88.5 cm³/mol. The van der Waals surface area contributed by atoms with Crippen molar-refractivity contribution in [3.05, 3.63) is 47.8 Å². The highest BCUT2D eigenvalue weighted by Crippen LogP contribution is 2.38. The Bertz CT molecular complexity index is 882. The summed E-state index contributed by atoms with van der Waals surface area (Å²) in [5.41, 5.74) is 1.31. The van der Waals surface area contributed by atoms with Gasteiger partial charge in [-0.25, -0.2) is 12.8 Å². The molecule has 1 aliphatic rings. The topological polar surface area (TPSA) is 66.8 Å². The average molecular weight is 351 g/mol. The Kier molecular flexibility index (Phi) is 4.13. The maximum absolute atomic E-state index is 13.6. The maximum atomic E-state index is 13.6. The van der Waals surface area contributed by atoms with Crippen molar-refractivity contribution >= 4 is 15.7 Å². The molecular formula is C17H18FNO4S. The molecule has 0 saturated heterocycles. The van der Waals surface area contributed by atoms with Crippen LogP contribution in [0.3, 0.4) is 0 Å². The molecule has 1 heterocycles. The van der Waals surface area contributed by atoms with Gasteiger partial charge in [0.25, 0.3) is 10.0 Å². The number of sulfonamides is 1. The van der Waals surface area contributed by atoms with E-state index in [-0.39, 0.29) is 22.4 Å². The molecule has 1 aliphatic heterocycles. The van der Waals surface area contributed by atoms with Gasteiger partial charge in [-0.3, -0.25) is 4.31 Å². The molecule has 1 N–H and O–H groups in total. The van der Waals surface area contributed by atoms with Crippen molar-refractivity contribution in [2.24, 2.45) is 0 Å². The number of aryl methyl sites for hydroxylation is 1. The number of aromatic hydroxyl groups is 1. The van der Waals surface area contributed by atoms with E-state index in [1.165, 1.54) is 29.6 Å². The SMILES string of the molecule is COc1cc(S(=O)(=O)N2c3cc(O)ccc3CC[C@H]2C)ccc1F. The third-order valence-corrected chi connectivity index (χ3v) is 6.14. The Morgan fingerprint density at radius 1 is 1.25 bits per heavy atom. The second-order valence-corrected chi connectivity index (χ2v) is 7.61. The van der Waals surface area contributed by atoms with Gasteiger partial charge in [-0.2, -0.15) is 0 Å². The summed E-state index contributed by atoms with van der Waals surface area (Å²) in [5, 5.41) is 9.76. The van der Waals surface area contributed by atoms with Crippen molar-refractivity contribution in [3.63, 3.8) is 0 Å². The second-order valence-electron chi connectivity index (χ2n) is 5.80. The number of ether oxygens (including phenoxy) is 1. The molecule has 0 unspecified atom stereocenters. The van der Waals surface area contributed by atoms with Crippen LogP contribution in [0.5, 0.6) is 11.5 Å². The summed E-state index contributed by atoms with van der Waals surface area (Å²) in [6.07, 6.45) is 1.39. The Labute approximate surface area is 140 Å². The van der Waals surface area contributed by atoms with Crippen LogP contribution in [0.2, 0.25) is 0 Å². The van der Waals surface area contributed by atoms with E-state index in [1.807, 2.05) is 6.92 Å². The van der Waals surface area contributed by atoms with Gasteiger partial charge in [0.2, 0.25) is 0 Å². The van der Waals surface area contributed by atoms with Gasteiger partial charge in [0, 0.05) is 18.2 Å². The summed E-state index contributed by atoms with van der Waals surface area (Å²) in [5.74, 6) is -0.752. The molecule has 0 amide bonds. The molecule has 1 atom stereocenters. The molecule has 0 radical (unpaired) electrons. The quantitative estimate of drug-likeness (QED) is 0.923. The van der Waals surface area contributed by atoms with Crippen LogP contribution < -0.4 is 9.04 Å². The number of phenols is 1. The van der Waals surface area contributed by atoms with E-state index < -0.39 is 15.8 Å². The molecule has 0 saturated carbocycles. The number of rotatable bonds is 3. The summed E-state index contributed by atoms with van der Waals surface area (Å²) in [6, 6.07) is 7.91. The molecule has 2 aromatic carbocycles. The Balaban J connectivity index is 2.15. The van der Waals surface area contributed by atoms with Gasteiger partial charge in [-0.15, -0.1) is 0 Å². The van der Waals surface area contributed by atoms with Gasteiger partial charge in [0.1, 0.15) is 5.75 Å². The first-order valence-electron chi connectivity index (χ1n) is 7.54. The van der Waals surface area contributed by atoms with Crippen molar-refractivity contribution in [3.8, 4) is 11.5 Å². The van der Waals surface area contributed by atoms with E-state index in [1.54, 1.807) is 12.1 Å². The van der Waals surface area contributed by atoms with Crippen LogP contribution in [0, 0.1) is 5.82 Å². The van der Waals surface area contributed by atoms with E-state index in [4.69, 9.17) is 4.74 Å². The van der Waals surface area contributed by atoms with Gasteiger partial charge in [0.05, 0.1) is 17.7 Å². The molecule has 0 aliphatic carbocycles. The first-order chi connectivity index (χ1) is 11.3. The van der Waals surface area contributed by atoms with E-state index in [9.17, 15) is 17.9 Å². The number of benzene rings is 2. The van der Waals surface area contributed by atoms with Crippen LogP contribution in [-0.2, 0) is 16.4 Å². The molecular weight excluding hydrogens is 333 g/mol. The van der Waals surface area contributed by atoms with Gasteiger partial charge in [-0.1, -0.05) is 6.07 Å². The fourth-order valence-electron chi connectivity index (χ4n) is 2.97. The molecule has 0 bridgehead atoms. The lowest BCUT2D eigenvalue weighted by molar-refractivity contribution is 0.385. The summed E-state index contributed by atoms with van der Waals surface area (Å²) >= 11 is 0. The van der Waals surface area contributed by atoms with Crippen LogP contribution >= 0.6 is 0 Å². The largest absolute Gasteiger partial charge is 0.508 e. The van der Waals surface area contributed by atoms with E-state index in [0.29, 0.717) is 12.1 Å². The third kappa shape index (κ3) is 2.69. The molecule has 128 valence electrons. The molecule has 0 spiro atoms. The first-order valence-corrected chi connectivity index (χ1v) is 8.98. The smallest absolute Gasteiger partial charge is 0.264 e. The summed E-state index contributed by atoms with van der Waals surface area (Å²) in [7, 11) is -2.63. The maximum Gasteiger partial charge on any atom is 0.264 e. The lowest BCUT2D eigenvalue weighted by Gasteiger charge is -2.36. The van der Waals surface area contributed by atoms with Crippen LogP contribution in [-0.4, -0.2) is 26.7 Å². The van der Waals surface area contributed by atoms with Gasteiger partial charge < -0.3 is 9.84 Å². The minimum Gasteiger partial charge on any atom is -0.508 e. The highest BCUT2D eigenvalue weighted by Gasteiger charge is 2.34. The van der Waals surface area contributed by atoms with Crippen molar-refractivity contribution in [2.75, 3.05) is 11.4 Å². The predicted octanol–water partition coefficient (Wildman–Crippen LogP) is 3.07. The van der Waals surface area contributed by atoms with Gasteiger partial charge in [0.15, 0.2) is 11.6 Å². The molecule has 24 heavy (non-hydrogen) atoms. The van der Waals surface area contributed by atoms with Gasteiger partial charge >= 0.3 is 0 Å². The van der Waals surface area contributed by atoms with Crippen LogP contribution in [0.15, 0.2) is 41.3 Å². The van der Waals surface area contributed by atoms with E-state index >= 15 is 0 Å². The Morgan fingerprint density at radius 3 is 2.71 bits per heavy atom. The zero-order valence-electron chi connectivity index (χ0n) is 13.4. The molecule has 0 fully saturated rings. The fourth-order valence-corrected chi connectivity index (χ4v) is 4.70. The zero-order chi connectivity index (χ0) is 17.5. The molecule has 5 nitrogen and oxygen atoms in total. The Morgan fingerprint density at radius 2 is 2.00 bits per heavy atom. The van der Waals surface area contributed by atoms with Crippen LogP contribution in [0.1, 0.15) is 18.9 Å². The number of fused-ring (bicyclic) bond motifs is 1. The summed E-state index contributed by atoms with van der Waals surface area (Å²) < 4.78 is 46.0. The highest BCUT2D eigenvalue weighted by atomic mass is 32.2. The number of nitrogens with zero attached hydrogens (tertiary/aromatic N) is 1. The lowest BCUT2D eigenvalue weighted by atomic mass is 9.99. The lowest BCUT2D eigenvalue weighted by Crippen LogP contribution is -2.42. The van der Waals surface area contributed by atoms with Crippen molar-refractivity contribution in [2.45, 2.75) is 30.7 Å². The first kappa shape index (κ1) is 16.6. The number of halogens is 1. The van der Waals surface area contributed by atoms with Crippen molar-refractivity contribution in [1.29, 1.82) is 0 Å². The molecule has 0 aromatic heterocycles. The minimum absolute atomic E-state index is 0.000244. The summed E-state index contributed by atoms with van der Waals surface area (Å²) in [6.45, 7) is 1.81. The van der Waals surface area contributed by atoms with E-state index in [2.05, 4.69) is 0 Å². The second kappa shape index (κ2) is 5.98. The number of hydrogen-bond acceptors (Lipinski definition) is 4. The number of anilines is 1. The van der Waals surface area contributed by atoms with Crippen LogP contribution in [0.25, 0.3) is 0 Å². The molecule has 2 aromatic rings. The average Bonchev–Trinajstić information content (AvgIpc) is 2.54. The standard InChI is InChI=1S/C17H18FNO4S/c1-11-3-4-12-5-6-13(20)9-16(12)19(11)24(21,22)14-7-8-15(18)17(10-14)23-2/h5-11,20H,3-4H2,1-2H3/t11-/m1/s1. The third-order valence-electron chi connectivity index (χ3n) is 4.22. The van der Waals surface area contributed by atoms with Crippen molar-refractivity contribution in [1.82, 2.24) is 0 Å². The highest BCUT2D eigenvalue weighted by molar-refractivity contribution is 7.92. The normalized spacial score (nSPS) is 17.5. The fraction of sp³-hybridized carbons (Fsp3) is 0.294. The zero-order valence-corrected chi connectivity index (χ0v) is 14.2.